The fourth-order valence-corrected chi connectivity index (χ4v) is 7.22. The molecule has 1 saturated carbocycles. The van der Waals surface area contributed by atoms with Crippen molar-refractivity contribution < 1.29 is 35.9 Å². The van der Waals surface area contributed by atoms with Gasteiger partial charge in [-0.25, -0.2) is 0 Å². The highest BCUT2D eigenvalue weighted by Crippen LogP contribution is 2.55. The average Bonchev–Trinajstić information content (AvgIpc) is 2.72. The number of halogens is 6. The molecule has 2 nitrogen and oxygen atoms in total. The van der Waals surface area contributed by atoms with Crippen LogP contribution in [0, 0.1) is 13.8 Å². The molecule has 1 fully saturated rings. The number of carbonyl (C=O) groups excluding carboxylic acids is 2. The van der Waals surface area contributed by atoms with Crippen molar-refractivity contribution in [2.24, 2.45) is 0 Å². The maximum atomic E-state index is 13.7. The van der Waals surface area contributed by atoms with Gasteiger partial charge in [-0.15, -0.1) is 0 Å². The lowest BCUT2D eigenvalue weighted by Gasteiger charge is -2.30. The minimum Gasteiger partial charge on any atom is -0.289 e. The third kappa shape index (κ3) is 5.32. The Labute approximate surface area is 189 Å². The molecule has 9 heteroatoms. The maximum Gasteiger partial charge on any atom is 0.417 e. The standard InChI is InChI=1S/C24H23F6O2P/c1-14-8-6-9-15(2)19(14)21(31)33(16-10-4-3-5-11-16)22(32)20-17(23(25,26)27)12-7-13-18(20)24(28,29)30/h6-9,12-13,16H,3-5,10-11H2,1-2H3. The smallest absolute Gasteiger partial charge is 0.289 e. The zero-order chi connectivity index (χ0) is 24.6. The van der Waals surface area contributed by atoms with Crippen molar-refractivity contribution in [3.8, 4) is 0 Å². The Bertz CT molecular complexity index is 999. The van der Waals surface area contributed by atoms with E-state index < -0.39 is 53.7 Å². The fourth-order valence-electron chi connectivity index (χ4n) is 4.41. The SMILES string of the molecule is Cc1cccc(C)c1C(=O)P(C(=O)c1c(C(F)(F)F)cccc1C(F)(F)F)C1CCCCC1. The zero-order valence-corrected chi connectivity index (χ0v) is 19.0. The van der Waals surface area contributed by atoms with Crippen LogP contribution in [0.25, 0.3) is 0 Å². The van der Waals surface area contributed by atoms with Gasteiger partial charge in [-0.1, -0.05) is 43.5 Å². The van der Waals surface area contributed by atoms with Crippen molar-refractivity contribution in [1.29, 1.82) is 0 Å². The summed E-state index contributed by atoms with van der Waals surface area (Å²) in [6, 6.07) is 6.57. The van der Waals surface area contributed by atoms with Gasteiger partial charge >= 0.3 is 12.4 Å². The second-order valence-corrected chi connectivity index (χ2v) is 10.5. The summed E-state index contributed by atoms with van der Waals surface area (Å²) >= 11 is 0. The summed E-state index contributed by atoms with van der Waals surface area (Å²) in [5, 5.41) is 0. The van der Waals surface area contributed by atoms with Gasteiger partial charge in [-0.2, -0.15) is 26.3 Å². The molecular formula is C24H23F6O2P. The van der Waals surface area contributed by atoms with Gasteiger partial charge in [0.05, 0.1) is 11.1 Å². The lowest BCUT2D eigenvalue weighted by atomic mass is 10.00. The predicted molar refractivity (Wildman–Crippen MR) is 115 cm³/mol. The quantitative estimate of drug-likeness (QED) is 0.315. The molecule has 1 atom stereocenters. The second-order valence-electron chi connectivity index (χ2n) is 8.26. The Hall–Kier alpha value is -2.21. The van der Waals surface area contributed by atoms with Crippen LogP contribution >= 0.6 is 7.92 Å². The van der Waals surface area contributed by atoms with Crippen LogP contribution in [0.3, 0.4) is 0 Å². The van der Waals surface area contributed by atoms with Gasteiger partial charge in [0.2, 0.25) is 0 Å². The number of hydrogen-bond acceptors (Lipinski definition) is 2. The molecule has 0 aromatic heterocycles. The van der Waals surface area contributed by atoms with E-state index in [4.69, 9.17) is 0 Å². The molecular weight excluding hydrogens is 465 g/mol. The normalized spacial score (nSPS) is 16.5. The van der Waals surface area contributed by atoms with Gasteiger partial charge < -0.3 is 0 Å². The molecule has 33 heavy (non-hydrogen) atoms. The summed E-state index contributed by atoms with van der Waals surface area (Å²) in [6.07, 6.45) is -7.33. The summed E-state index contributed by atoms with van der Waals surface area (Å²) in [6.45, 7) is 3.29. The Kier molecular flexibility index (Phi) is 7.37. The number of alkyl halides is 6. The summed E-state index contributed by atoms with van der Waals surface area (Å²) in [7, 11) is -2.49. The predicted octanol–water partition coefficient (Wildman–Crippen LogP) is 8.14. The fraction of sp³-hybridized carbons (Fsp3) is 0.417. The summed E-state index contributed by atoms with van der Waals surface area (Å²) < 4.78 is 82.4. The third-order valence-corrected chi connectivity index (χ3v) is 8.53. The van der Waals surface area contributed by atoms with E-state index in [2.05, 4.69) is 0 Å². The molecule has 0 N–H and O–H groups in total. The lowest BCUT2D eigenvalue weighted by molar-refractivity contribution is -0.143. The molecule has 0 heterocycles. The number of benzene rings is 2. The zero-order valence-electron chi connectivity index (χ0n) is 18.1. The molecule has 0 radical (unpaired) electrons. The van der Waals surface area contributed by atoms with Gasteiger partial charge in [0.15, 0.2) is 11.0 Å². The van der Waals surface area contributed by atoms with Crippen molar-refractivity contribution >= 4 is 19.0 Å². The van der Waals surface area contributed by atoms with E-state index in [1.807, 2.05) is 0 Å². The van der Waals surface area contributed by atoms with E-state index in [0.29, 0.717) is 55.0 Å². The Balaban J connectivity index is 2.24. The molecule has 1 unspecified atom stereocenters. The minimum absolute atomic E-state index is 0.209. The number of carbonyl (C=O) groups is 2. The largest absolute Gasteiger partial charge is 0.417 e. The van der Waals surface area contributed by atoms with Crippen molar-refractivity contribution in [1.82, 2.24) is 0 Å². The molecule has 0 amide bonds. The molecule has 1 aliphatic rings. The molecule has 1 aliphatic carbocycles. The maximum absolute atomic E-state index is 13.7. The van der Waals surface area contributed by atoms with Gasteiger partial charge in [0, 0.05) is 19.0 Å². The van der Waals surface area contributed by atoms with Crippen LogP contribution in [0.15, 0.2) is 36.4 Å². The van der Waals surface area contributed by atoms with E-state index in [9.17, 15) is 35.9 Å². The molecule has 0 bridgehead atoms. The Morgan fingerprint density at radius 3 is 1.61 bits per heavy atom. The topological polar surface area (TPSA) is 34.1 Å². The van der Waals surface area contributed by atoms with Gasteiger partial charge in [0.25, 0.3) is 0 Å². The number of rotatable bonds is 5. The van der Waals surface area contributed by atoms with Crippen LogP contribution in [0.2, 0.25) is 0 Å². The molecule has 0 spiro atoms. The molecule has 0 saturated heterocycles. The van der Waals surface area contributed by atoms with E-state index in [1.54, 1.807) is 32.0 Å². The molecule has 0 aliphatic heterocycles. The van der Waals surface area contributed by atoms with E-state index in [1.165, 1.54) is 0 Å². The highest BCUT2D eigenvalue weighted by atomic mass is 31.1. The highest BCUT2D eigenvalue weighted by molar-refractivity contribution is 7.90. The Morgan fingerprint density at radius 2 is 1.15 bits per heavy atom. The van der Waals surface area contributed by atoms with Gasteiger partial charge in [0.1, 0.15) is 0 Å². The monoisotopic (exact) mass is 488 g/mol. The van der Waals surface area contributed by atoms with Crippen molar-refractivity contribution in [3.05, 3.63) is 69.8 Å². The van der Waals surface area contributed by atoms with Crippen LogP contribution in [-0.4, -0.2) is 16.7 Å². The lowest BCUT2D eigenvalue weighted by Crippen LogP contribution is -2.25. The van der Waals surface area contributed by atoms with Crippen LogP contribution in [0.4, 0.5) is 26.3 Å². The summed E-state index contributed by atoms with van der Waals surface area (Å²) in [5.74, 6) is 0. The molecule has 2 aromatic rings. The first-order valence-corrected chi connectivity index (χ1v) is 12.0. The van der Waals surface area contributed by atoms with Crippen molar-refractivity contribution in [3.63, 3.8) is 0 Å². The minimum atomic E-state index is -5.18. The van der Waals surface area contributed by atoms with Crippen LogP contribution < -0.4 is 0 Å². The molecule has 178 valence electrons. The van der Waals surface area contributed by atoms with Crippen molar-refractivity contribution in [2.45, 2.75) is 64.0 Å². The van der Waals surface area contributed by atoms with E-state index in [-0.39, 0.29) is 5.56 Å². The summed E-state index contributed by atoms with van der Waals surface area (Å²) in [5.41, 5.74) is -6.01. The first kappa shape index (κ1) is 25.4. The number of aryl methyl sites for hydroxylation is 2. The van der Waals surface area contributed by atoms with E-state index >= 15 is 0 Å². The highest BCUT2D eigenvalue weighted by Gasteiger charge is 2.47. The average molecular weight is 488 g/mol. The third-order valence-electron chi connectivity index (χ3n) is 5.96. The van der Waals surface area contributed by atoms with Gasteiger partial charge in [-0.05, 0) is 55.6 Å². The molecule has 2 aromatic carbocycles. The molecule has 3 rings (SSSR count). The van der Waals surface area contributed by atoms with Crippen LogP contribution in [-0.2, 0) is 12.4 Å². The Morgan fingerprint density at radius 1 is 0.727 bits per heavy atom. The summed E-state index contributed by atoms with van der Waals surface area (Å²) in [4.78, 5) is 27.3. The van der Waals surface area contributed by atoms with Crippen LogP contribution in [0.1, 0.15) is 75.1 Å². The first-order chi connectivity index (χ1) is 15.3. The van der Waals surface area contributed by atoms with Crippen molar-refractivity contribution in [2.75, 3.05) is 0 Å². The second kappa shape index (κ2) is 9.57. The van der Waals surface area contributed by atoms with E-state index in [0.717, 1.165) is 6.42 Å². The van der Waals surface area contributed by atoms with Gasteiger partial charge in [-0.3, -0.25) is 9.59 Å². The number of hydrogen-bond donors (Lipinski definition) is 0. The first-order valence-electron chi connectivity index (χ1n) is 10.6. The van der Waals surface area contributed by atoms with Crippen LogP contribution in [0.5, 0.6) is 0 Å².